The molecule has 2 rings (SSSR count). The highest BCUT2D eigenvalue weighted by Gasteiger charge is 2.08. The summed E-state index contributed by atoms with van der Waals surface area (Å²) in [5, 5.41) is 8.82. The molecule has 0 radical (unpaired) electrons. The number of benzene rings is 2. The van der Waals surface area contributed by atoms with Crippen LogP contribution in [0.15, 0.2) is 53.4 Å². The van der Waals surface area contributed by atoms with E-state index in [1.54, 1.807) is 19.2 Å². The van der Waals surface area contributed by atoms with Gasteiger partial charge in [0, 0.05) is 4.90 Å². The van der Waals surface area contributed by atoms with Crippen LogP contribution < -0.4 is 4.74 Å². The molecular formula is C15H14O4S. The Morgan fingerprint density at radius 1 is 1.20 bits per heavy atom. The molecular weight excluding hydrogens is 276 g/mol. The Morgan fingerprint density at radius 2 is 1.90 bits per heavy atom. The van der Waals surface area contributed by atoms with Gasteiger partial charge in [-0.1, -0.05) is 12.1 Å². The van der Waals surface area contributed by atoms with Gasteiger partial charge in [-0.15, -0.1) is 0 Å². The van der Waals surface area contributed by atoms with Gasteiger partial charge in [-0.2, -0.15) is 0 Å². The van der Waals surface area contributed by atoms with Crippen LogP contribution in [-0.4, -0.2) is 22.4 Å². The van der Waals surface area contributed by atoms with Crippen molar-refractivity contribution >= 4 is 16.8 Å². The fraction of sp³-hybridized carbons (Fsp3) is 0.133. The lowest BCUT2D eigenvalue weighted by Gasteiger charge is -2.05. The smallest absolute Gasteiger partial charge is 0.335 e. The van der Waals surface area contributed by atoms with Crippen LogP contribution in [0.3, 0.4) is 0 Å². The molecule has 4 nitrogen and oxygen atoms in total. The summed E-state index contributed by atoms with van der Waals surface area (Å²) >= 11 is 0. The summed E-state index contributed by atoms with van der Waals surface area (Å²) in [6.07, 6.45) is 0. The van der Waals surface area contributed by atoms with E-state index in [1.807, 2.05) is 24.3 Å². The number of hydrogen-bond acceptors (Lipinski definition) is 3. The molecule has 0 heterocycles. The van der Waals surface area contributed by atoms with Gasteiger partial charge in [0.05, 0.1) is 29.2 Å². The van der Waals surface area contributed by atoms with Crippen molar-refractivity contribution in [3.8, 4) is 5.75 Å². The summed E-state index contributed by atoms with van der Waals surface area (Å²) in [4.78, 5) is 11.4. The van der Waals surface area contributed by atoms with Gasteiger partial charge >= 0.3 is 5.97 Å². The molecule has 0 aliphatic carbocycles. The van der Waals surface area contributed by atoms with Crippen LogP contribution in [0.25, 0.3) is 0 Å². The van der Waals surface area contributed by atoms with Crippen molar-refractivity contribution in [1.82, 2.24) is 0 Å². The van der Waals surface area contributed by atoms with Crippen molar-refractivity contribution in [2.75, 3.05) is 7.11 Å². The summed E-state index contributed by atoms with van der Waals surface area (Å²) < 4.78 is 17.3. The van der Waals surface area contributed by atoms with Crippen LogP contribution in [0.1, 0.15) is 15.9 Å². The predicted molar refractivity (Wildman–Crippen MR) is 76.5 cm³/mol. The molecule has 20 heavy (non-hydrogen) atoms. The van der Waals surface area contributed by atoms with Crippen molar-refractivity contribution < 1.29 is 18.8 Å². The highest BCUT2D eigenvalue weighted by Crippen LogP contribution is 2.17. The number of carbonyl (C=O) groups is 1. The average Bonchev–Trinajstić information content (AvgIpc) is 2.47. The first-order chi connectivity index (χ1) is 9.60. The lowest BCUT2D eigenvalue weighted by atomic mass is 10.2. The van der Waals surface area contributed by atoms with Crippen molar-refractivity contribution in [3.05, 3.63) is 59.7 Å². The Labute approximate surface area is 119 Å². The zero-order valence-corrected chi connectivity index (χ0v) is 11.7. The van der Waals surface area contributed by atoms with E-state index in [-0.39, 0.29) is 5.56 Å². The maximum absolute atomic E-state index is 12.2. The number of hydrogen-bond donors (Lipinski definition) is 1. The molecule has 0 aliphatic rings. The minimum Gasteiger partial charge on any atom is -0.497 e. The molecule has 2 aromatic rings. The van der Waals surface area contributed by atoms with Crippen molar-refractivity contribution in [2.24, 2.45) is 0 Å². The topological polar surface area (TPSA) is 63.6 Å². The highest BCUT2D eigenvalue weighted by molar-refractivity contribution is 7.84. The normalized spacial score (nSPS) is 11.8. The van der Waals surface area contributed by atoms with Crippen molar-refractivity contribution in [2.45, 2.75) is 10.6 Å². The van der Waals surface area contributed by atoms with Crippen molar-refractivity contribution in [3.63, 3.8) is 0 Å². The molecule has 0 saturated heterocycles. The maximum Gasteiger partial charge on any atom is 0.335 e. The van der Waals surface area contributed by atoms with E-state index in [9.17, 15) is 9.00 Å². The van der Waals surface area contributed by atoms with E-state index in [0.717, 1.165) is 11.3 Å². The maximum atomic E-state index is 12.2. The largest absolute Gasteiger partial charge is 0.497 e. The van der Waals surface area contributed by atoms with Gasteiger partial charge in [0.15, 0.2) is 0 Å². The number of carboxylic acids is 1. The third kappa shape index (κ3) is 3.45. The Kier molecular flexibility index (Phi) is 4.53. The third-order valence-corrected chi connectivity index (χ3v) is 4.19. The zero-order valence-electron chi connectivity index (χ0n) is 10.9. The summed E-state index contributed by atoms with van der Waals surface area (Å²) in [5.74, 6) is 0.0970. The lowest BCUT2D eigenvalue weighted by molar-refractivity contribution is 0.0697. The van der Waals surface area contributed by atoms with Crippen molar-refractivity contribution in [1.29, 1.82) is 0 Å². The molecule has 0 amide bonds. The third-order valence-electron chi connectivity index (χ3n) is 2.80. The Morgan fingerprint density at radius 3 is 2.50 bits per heavy atom. The van der Waals surface area contributed by atoms with E-state index in [0.29, 0.717) is 10.6 Å². The highest BCUT2D eigenvalue weighted by atomic mass is 32.2. The van der Waals surface area contributed by atoms with Crippen LogP contribution in [0.2, 0.25) is 0 Å². The number of rotatable bonds is 5. The molecule has 0 saturated carbocycles. The molecule has 0 spiro atoms. The Hall–Kier alpha value is -2.14. The number of aromatic carboxylic acids is 1. The number of carboxylic acid groups (broad SMARTS) is 1. The second-order valence-electron chi connectivity index (χ2n) is 4.17. The second kappa shape index (κ2) is 6.34. The molecule has 1 N–H and O–H groups in total. The van der Waals surface area contributed by atoms with Crippen LogP contribution in [0, 0.1) is 0 Å². The minimum atomic E-state index is -1.21. The van der Waals surface area contributed by atoms with Gasteiger partial charge in [0.25, 0.3) is 0 Å². The fourth-order valence-electron chi connectivity index (χ4n) is 1.75. The number of ether oxygens (including phenoxy) is 1. The van der Waals surface area contributed by atoms with E-state index in [4.69, 9.17) is 9.84 Å². The summed E-state index contributed by atoms with van der Waals surface area (Å²) in [6.45, 7) is 0. The fourth-order valence-corrected chi connectivity index (χ4v) is 2.83. The molecule has 0 aliphatic heterocycles. The molecule has 2 aromatic carbocycles. The first-order valence-electron chi connectivity index (χ1n) is 5.95. The van der Waals surface area contributed by atoms with E-state index in [2.05, 4.69) is 0 Å². The van der Waals surface area contributed by atoms with Gasteiger partial charge in [-0.3, -0.25) is 4.21 Å². The summed E-state index contributed by atoms with van der Waals surface area (Å²) in [7, 11) is 0.369. The van der Waals surface area contributed by atoms with E-state index < -0.39 is 16.8 Å². The molecule has 0 aromatic heterocycles. The van der Waals surface area contributed by atoms with Crippen LogP contribution in [-0.2, 0) is 16.6 Å². The molecule has 5 heteroatoms. The first kappa shape index (κ1) is 14.3. The van der Waals surface area contributed by atoms with Crippen LogP contribution in [0.5, 0.6) is 5.75 Å². The average molecular weight is 290 g/mol. The van der Waals surface area contributed by atoms with Gasteiger partial charge in [-0.25, -0.2) is 4.79 Å². The van der Waals surface area contributed by atoms with Gasteiger partial charge in [-0.05, 0) is 42.0 Å². The Bertz CT molecular complexity index is 635. The minimum absolute atomic E-state index is 0.187. The lowest BCUT2D eigenvalue weighted by Crippen LogP contribution is -1.99. The molecule has 1 unspecified atom stereocenters. The van der Waals surface area contributed by atoms with Gasteiger partial charge in [0.1, 0.15) is 5.75 Å². The first-order valence-corrected chi connectivity index (χ1v) is 7.26. The zero-order chi connectivity index (χ0) is 14.5. The molecule has 1 atom stereocenters. The summed E-state index contributed by atoms with van der Waals surface area (Å²) in [5.41, 5.74) is 1.09. The SMILES string of the molecule is COc1cccc(CS(=O)c2ccc(C(=O)O)cc2)c1. The number of methoxy groups -OCH3 is 1. The molecule has 0 bridgehead atoms. The monoisotopic (exact) mass is 290 g/mol. The van der Waals surface area contributed by atoms with E-state index >= 15 is 0 Å². The standard InChI is InChI=1S/C15H14O4S/c1-19-13-4-2-3-11(9-13)10-20(18)14-7-5-12(6-8-14)15(16)17/h2-9H,10H2,1H3,(H,16,17). The Balaban J connectivity index is 2.13. The molecule has 104 valence electrons. The summed E-state index contributed by atoms with van der Waals surface area (Å²) in [6, 6.07) is 13.5. The van der Waals surface area contributed by atoms with Gasteiger partial charge in [0.2, 0.25) is 0 Å². The van der Waals surface area contributed by atoms with Crippen LogP contribution >= 0.6 is 0 Å². The second-order valence-corrected chi connectivity index (χ2v) is 5.62. The van der Waals surface area contributed by atoms with E-state index in [1.165, 1.54) is 12.1 Å². The van der Waals surface area contributed by atoms with Gasteiger partial charge < -0.3 is 9.84 Å². The molecule has 0 fully saturated rings. The predicted octanol–water partition coefficient (Wildman–Crippen LogP) is 2.70. The quantitative estimate of drug-likeness (QED) is 0.919. The van der Waals surface area contributed by atoms with Crippen LogP contribution in [0.4, 0.5) is 0 Å².